The lowest BCUT2D eigenvalue weighted by molar-refractivity contribution is -0.119. The molecule has 0 spiro atoms. The molecule has 1 atom stereocenters. The summed E-state index contributed by atoms with van der Waals surface area (Å²) >= 11 is 3.31. The van der Waals surface area contributed by atoms with E-state index < -0.39 is 6.04 Å². The minimum Gasteiger partial charge on any atom is -0.324 e. The lowest BCUT2D eigenvalue weighted by Gasteiger charge is -2.17. The number of aromatic nitrogens is 5. The molecule has 1 unspecified atom stereocenters. The van der Waals surface area contributed by atoms with E-state index >= 15 is 0 Å². The molecular formula is C22H18BrN7O2. The summed E-state index contributed by atoms with van der Waals surface area (Å²) in [4.78, 5) is 29.8. The number of pyridine rings is 1. The predicted octanol–water partition coefficient (Wildman–Crippen LogP) is 3.51. The third-order valence-electron chi connectivity index (χ3n) is 4.62. The van der Waals surface area contributed by atoms with E-state index in [1.165, 1.54) is 11.0 Å². The first-order valence-electron chi connectivity index (χ1n) is 9.69. The zero-order chi connectivity index (χ0) is 22.3. The Hall–Kier alpha value is -3.92. The number of rotatable bonds is 7. The van der Waals surface area contributed by atoms with Gasteiger partial charge in [-0.2, -0.15) is 0 Å². The summed E-state index contributed by atoms with van der Waals surface area (Å²) in [6, 6.07) is 19.1. The van der Waals surface area contributed by atoms with Crippen molar-refractivity contribution >= 4 is 39.2 Å². The van der Waals surface area contributed by atoms with Crippen molar-refractivity contribution < 1.29 is 9.59 Å². The Morgan fingerprint density at radius 1 is 1.00 bits per heavy atom. The highest BCUT2D eigenvalue weighted by Gasteiger charge is 2.23. The number of carbonyl (C=O) groups excluding carboxylic acids is 2. The molecular weight excluding hydrogens is 474 g/mol. The lowest BCUT2D eigenvalue weighted by atomic mass is 10.1. The van der Waals surface area contributed by atoms with Gasteiger partial charge in [-0.15, -0.1) is 5.10 Å². The number of hydrogen-bond donors (Lipinski definition) is 2. The van der Waals surface area contributed by atoms with Gasteiger partial charge in [-0.25, -0.2) is 9.67 Å². The third-order valence-corrected chi connectivity index (χ3v) is 5.09. The van der Waals surface area contributed by atoms with Gasteiger partial charge in [0.05, 0.1) is 0 Å². The Bertz CT molecular complexity index is 1200. The quantitative estimate of drug-likeness (QED) is 0.408. The first-order valence-corrected chi connectivity index (χ1v) is 10.5. The maximum Gasteiger partial charge on any atom is 0.256 e. The predicted molar refractivity (Wildman–Crippen MR) is 122 cm³/mol. The van der Waals surface area contributed by atoms with Gasteiger partial charge in [-0.3, -0.25) is 9.59 Å². The first-order chi connectivity index (χ1) is 15.6. The molecule has 4 rings (SSSR count). The smallest absolute Gasteiger partial charge is 0.256 e. The lowest BCUT2D eigenvalue weighted by Crippen LogP contribution is -2.28. The highest BCUT2D eigenvalue weighted by atomic mass is 79.9. The van der Waals surface area contributed by atoms with Crippen LogP contribution in [0.3, 0.4) is 0 Å². The highest BCUT2D eigenvalue weighted by molar-refractivity contribution is 9.10. The van der Waals surface area contributed by atoms with E-state index in [0.717, 1.165) is 10.0 Å². The van der Waals surface area contributed by atoms with Gasteiger partial charge in [0, 0.05) is 28.3 Å². The normalized spacial score (nSPS) is 11.5. The number of amides is 2. The average molecular weight is 492 g/mol. The van der Waals surface area contributed by atoms with Crippen LogP contribution in [0.4, 0.5) is 11.5 Å². The number of halogens is 1. The topological polar surface area (TPSA) is 115 Å². The number of tetrazole rings is 1. The Labute approximate surface area is 192 Å². The van der Waals surface area contributed by atoms with E-state index in [2.05, 4.69) is 47.1 Å². The summed E-state index contributed by atoms with van der Waals surface area (Å²) in [7, 11) is 0. The molecule has 160 valence electrons. The molecule has 2 amide bonds. The largest absolute Gasteiger partial charge is 0.324 e. The summed E-state index contributed by atoms with van der Waals surface area (Å²) < 4.78 is 2.23. The van der Waals surface area contributed by atoms with Gasteiger partial charge in [0.25, 0.3) is 5.91 Å². The van der Waals surface area contributed by atoms with Crippen LogP contribution in [0.2, 0.25) is 0 Å². The Balaban J connectivity index is 1.49. The molecule has 0 bridgehead atoms. The molecule has 2 N–H and O–H groups in total. The summed E-state index contributed by atoms with van der Waals surface area (Å²) in [5.74, 6) is -0.209. The number of hydrogen-bond acceptors (Lipinski definition) is 6. The Morgan fingerprint density at radius 2 is 1.84 bits per heavy atom. The second-order valence-corrected chi connectivity index (χ2v) is 7.80. The summed E-state index contributed by atoms with van der Waals surface area (Å²) in [5, 5.41) is 16.8. The maximum absolute atomic E-state index is 13.1. The first kappa shape index (κ1) is 21.3. The van der Waals surface area contributed by atoms with Crippen molar-refractivity contribution in [2.75, 3.05) is 10.6 Å². The molecule has 4 aromatic rings. The van der Waals surface area contributed by atoms with Crippen molar-refractivity contribution in [1.29, 1.82) is 0 Å². The van der Waals surface area contributed by atoms with Gasteiger partial charge < -0.3 is 10.6 Å². The van der Waals surface area contributed by atoms with Gasteiger partial charge in [-0.1, -0.05) is 36.4 Å². The zero-order valence-electron chi connectivity index (χ0n) is 16.7. The van der Waals surface area contributed by atoms with Crippen molar-refractivity contribution in [1.82, 2.24) is 25.2 Å². The molecule has 2 heterocycles. The van der Waals surface area contributed by atoms with Gasteiger partial charge in [0.15, 0.2) is 0 Å². The van der Waals surface area contributed by atoms with E-state index in [1.54, 1.807) is 42.6 Å². The summed E-state index contributed by atoms with van der Waals surface area (Å²) in [6.07, 6.45) is 3.41. The summed E-state index contributed by atoms with van der Waals surface area (Å²) in [5.41, 5.74) is 1.84. The fourth-order valence-electron chi connectivity index (χ4n) is 3.06. The van der Waals surface area contributed by atoms with Crippen LogP contribution in [0.25, 0.3) is 0 Å². The van der Waals surface area contributed by atoms with Gasteiger partial charge >= 0.3 is 0 Å². The zero-order valence-corrected chi connectivity index (χ0v) is 18.3. The van der Waals surface area contributed by atoms with Crippen LogP contribution in [-0.4, -0.2) is 37.0 Å². The second kappa shape index (κ2) is 9.92. The molecule has 2 aromatic carbocycles. The minimum absolute atomic E-state index is 0.298. The number of nitrogens with zero attached hydrogens (tertiary/aromatic N) is 5. The van der Waals surface area contributed by atoms with Crippen LogP contribution in [0.15, 0.2) is 83.7 Å². The summed E-state index contributed by atoms with van der Waals surface area (Å²) in [6.45, 7) is 0. The van der Waals surface area contributed by atoms with Gasteiger partial charge in [0.2, 0.25) is 5.91 Å². The molecule has 0 aliphatic rings. The van der Waals surface area contributed by atoms with Crippen molar-refractivity contribution in [3.05, 3.63) is 94.9 Å². The molecule has 0 aliphatic carbocycles. The van der Waals surface area contributed by atoms with E-state index in [9.17, 15) is 9.59 Å². The molecule has 9 nitrogen and oxygen atoms in total. The minimum atomic E-state index is -0.656. The average Bonchev–Trinajstić information content (AvgIpc) is 3.34. The van der Waals surface area contributed by atoms with Crippen molar-refractivity contribution in [2.24, 2.45) is 0 Å². The van der Waals surface area contributed by atoms with Crippen molar-refractivity contribution in [3.63, 3.8) is 0 Å². The number of carbonyl (C=O) groups is 2. The molecule has 0 saturated carbocycles. The second-order valence-electron chi connectivity index (χ2n) is 6.88. The van der Waals surface area contributed by atoms with Gasteiger partial charge in [0.1, 0.15) is 18.2 Å². The van der Waals surface area contributed by atoms with E-state index in [4.69, 9.17) is 0 Å². The fraction of sp³-hybridized carbons (Fsp3) is 0.0909. The van der Waals surface area contributed by atoms with Crippen LogP contribution >= 0.6 is 15.9 Å². The molecule has 0 fully saturated rings. The van der Waals surface area contributed by atoms with Crippen molar-refractivity contribution in [3.8, 4) is 0 Å². The van der Waals surface area contributed by atoms with Crippen LogP contribution in [0.5, 0.6) is 0 Å². The monoisotopic (exact) mass is 491 g/mol. The van der Waals surface area contributed by atoms with Crippen LogP contribution < -0.4 is 10.6 Å². The third kappa shape index (κ3) is 5.41. The molecule has 0 radical (unpaired) electrons. The van der Waals surface area contributed by atoms with E-state index in [1.807, 2.05) is 30.3 Å². The van der Waals surface area contributed by atoms with Crippen LogP contribution in [0.1, 0.15) is 22.0 Å². The molecule has 10 heteroatoms. The maximum atomic E-state index is 13.1. The van der Waals surface area contributed by atoms with Crippen LogP contribution in [-0.2, 0) is 11.2 Å². The highest BCUT2D eigenvalue weighted by Crippen LogP contribution is 2.18. The number of anilines is 2. The standard InChI is InChI=1S/C22H18BrN7O2/c23-17-9-10-20(24-13-17)27-21(31)16-7-4-8-18(12-16)26-22(32)19(30-14-25-28-29-30)11-15-5-2-1-3-6-15/h1-10,12-14,19H,11H2,(H,26,32)(H,24,27,31). The Morgan fingerprint density at radius 3 is 2.56 bits per heavy atom. The number of benzene rings is 2. The molecule has 32 heavy (non-hydrogen) atoms. The van der Waals surface area contributed by atoms with Crippen molar-refractivity contribution in [2.45, 2.75) is 12.5 Å². The van der Waals surface area contributed by atoms with Crippen LogP contribution in [0, 0.1) is 0 Å². The van der Waals surface area contributed by atoms with Gasteiger partial charge in [-0.05, 0) is 62.3 Å². The van der Waals surface area contributed by atoms with E-state index in [-0.39, 0.29) is 11.8 Å². The molecule has 0 saturated heterocycles. The Kier molecular flexibility index (Phi) is 6.61. The molecule has 0 aliphatic heterocycles. The molecule has 2 aromatic heterocycles. The SMILES string of the molecule is O=C(Nc1ccc(Br)cn1)c1cccc(NC(=O)C(Cc2ccccc2)n2cnnn2)c1. The van der Waals surface area contributed by atoms with E-state index in [0.29, 0.717) is 23.5 Å². The number of nitrogens with one attached hydrogen (secondary N) is 2. The fourth-order valence-corrected chi connectivity index (χ4v) is 3.29.